The fraction of sp³-hybridized carbons (Fsp3) is 0. The molecule has 1 aliphatic rings. The molecule has 0 saturated heterocycles. The Morgan fingerprint density at radius 2 is 1.33 bits per heavy atom. The zero-order chi connectivity index (χ0) is 10.3. The van der Waals surface area contributed by atoms with Crippen LogP contribution in [0.1, 0.15) is 0 Å². The number of rotatable bonds is 0. The van der Waals surface area contributed by atoms with Crippen molar-refractivity contribution < 1.29 is 5.11 Å². The minimum absolute atomic E-state index is 0.334. The third-order valence-electron chi connectivity index (χ3n) is 2.22. The van der Waals surface area contributed by atoms with Gasteiger partial charge < -0.3 is 5.11 Å². The maximum absolute atomic E-state index is 9.41. The van der Waals surface area contributed by atoms with Crippen LogP contribution < -0.4 is 0 Å². The zero-order valence-electron chi connectivity index (χ0n) is 7.81. The maximum atomic E-state index is 9.41. The first kappa shape index (κ1) is 9.19. The van der Waals surface area contributed by atoms with E-state index in [-0.39, 0.29) is 0 Å². The van der Waals surface area contributed by atoms with Crippen LogP contribution in [0.4, 0.5) is 0 Å². The number of hydrogen-bond donors (Lipinski definition) is 1. The van der Waals surface area contributed by atoms with Crippen LogP contribution in [0.25, 0.3) is 0 Å². The van der Waals surface area contributed by atoms with Gasteiger partial charge in [0.15, 0.2) is 0 Å². The van der Waals surface area contributed by atoms with Crippen LogP contribution in [0.3, 0.4) is 0 Å². The van der Waals surface area contributed by atoms with Crippen molar-refractivity contribution in [1.82, 2.24) is 0 Å². The lowest BCUT2D eigenvalue weighted by atomic mass is 10.3. The first-order chi connectivity index (χ1) is 7.33. The number of fused-ring (bicyclic) bond motifs is 2. The van der Waals surface area contributed by atoms with Crippen molar-refractivity contribution in [3.63, 3.8) is 0 Å². The molecule has 0 aromatic heterocycles. The van der Waals surface area contributed by atoms with E-state index in [9.17, 15) is 5.11 Å². The highest BCUT2D eigenvalue weighted by atomic mass is 32.2. The smallest absolute Gasteiger partial charge is 0.116 e. The second-order valence-corrected chi connectivity index (χ2v) is 5.45. The molecule has 1 N–H and O–H groups in total. The van der Waals surface area contributed by atoms with Gasteiger partial charge in [-0.2, -0.15) is 0 Å². The van der Waals surface area contributed by atoms with Crippen LogP contribution in [-0.4, -0.2) is 5.11 Å². The lowest BCUT2D eigenvalue weighted by molar-refractivity contribution is 0.473. The number of phenols is 1. The van der Waals surface area contributed by atoms with Crippen LogP contribution in [-0.2, 0) is 0 Å². The molecule has 0 spiro atoms. The van der Waals surface area contributed by atoms with Crippen LogP contribution in [0.2, 0.25) is 0 Å². The molecule has 0 aliphatic carbocycles. The summed E-state index contributed by atoms with van der Waals surface area (Å²) < 4.78 is 0. The number of phenolic OH excluding ortho intramolecular Hbond substituents is 1. The second kappa shape index (κ2) is 3.51. The van der Waals surface area contributed by atoms with Gasteiger partial charge in [-0.25, -0.2) is 0 Å². The summed E-state index contributed by atoms with van der Waals surface area (Å²) in [5, 5.41) is 9.41. The largest absolute Gasteiger partial charge is 0.508 e. The normalized spacial score (nSPS) is 13.1. The molecule has 0 atom stereocenters. The highest BCUT2D eigenvalue weighted by molar-refractivity contribution is 8.05. The quantitative estimate of drug-likeness (QED) is 0.632. The van der Waals surface area contributed by atoms with Gasteiger partial charge in [0.1, 0.15) is 5.75 Å². The molecular weight excluding hydrogens is 224 g/mol. The Morgan fingerprint density at radius 3 is 2.07 bits per heavy atom. The third-order valence-corrected chi connectivity index (χ3v) is 4.76. The topological polar surface area (TPSA) is 20.2 Å². The molecule has 0 amide bonds. The van der Waals surface area contributed by atoms with Crippen LogP contribution in [0.15, 0.2) is 62.0 Å². The summed E-state index contributed by atoms with van der Waals surface area (Å²) in [5.74, 6) is 0.334. The highest BCUT2D eigenvalue weighted by Crippen LogP contribution is 2.48. The highest BCUT2D eigenvalue weighted by Gasteiger charge is 2.16. The number of aromatic hydroxyl groups is 1. The standard InChI is InChI=1S/C12H8OS2/c13-8-5-6-11-12(7-8)15-10-4-2-1-3-9(10)14-11/h1-7,13H. The van der Waals surface area contributed by atoms with Gasteiger partial charge in [-0.1, -0.05) is 35.7 Å². The Balaban J connectivity index is 2.11. The monoisotopic (exact) mass is 232 g/mol. The summed E-state index contributed by atoms with van der Waals surface area (Å²) in [5.41, 5.74) is 0. The van der Waals surface area contributed by atoms with E-state index in [4.69, 9.17) is 0 Å². The van der Waals surface area contributed by atoms with Gasteiger partial charge >= 0.3 is 0 Å². The van der Waals surface area contributed by atoms with E-state index in [1.165, 1.54) is 14.7 Å². The Hall–Kier alpha value is -1.06. The zero-order valence-corrected chi connectivity index (χ0v) is 9.44. The van der Waals surface area contributed by atoms with Crippen molar-refractivity contribution in [2.75, 3.05) is 0 Å². The molecule has 0 radical (unpaired) electrons. The maximum Gasteiger partial charge on any atom is 0.116 e. The molecule has 0 saturated carbocycles. The van der Waals surface area contributed by atoms with E-state index in [1.54, 1.807) is 29.6 Å². The van der Waals surface area contributed by atoms with Crippen LogP contribution in [0.5, 0.6) is 5.75 Å². The fourth-order valence-electron chi connectivity index (χ4n) is 1.52. The van der Waals surface area contributed by atoms with E-state index in [2.05, 4.69) is 18.2 Å². The molecule has 0 fully saturated rings. The molecule has 3 heteroatoms. The molecule has 3 rings (SSSR count). The second-order valence-electron chi connectivity index (χ2n) is 3.28. The number of benzene rings is 2. The minimum Gasteiger partial charge on any atom is -0.508 e. The van der Waals surface area contributed by atoms with Crippen molar-refractivity contribution in [3.05, 3.63) is 42.5 Å². The predicted molar refractivity (Wildman–Crippen MR) is 62.8 cm³/mol. The summed E-state index contributed by atoms with van der Waals surface area (Å²) >= 11 is 3.48. The molecule has 15 heavy (non-hydrogen) atoms. The van der Waals surface area contributed by atoms with Gasteiger partial charge in [0.25, 0.3) is 0 Å². The van der Waals surface area contributed by atoms with Gasteiger partial charge in [-0.05, 0) is 30.3 Å². The van der Waals surface area contributed by atoms with E-state index in [1.807, 2.05) is 18.2 Å². The molecular formula is C12H8OS2. The van der Waals surface area contributed by atoms with E-state index in [0.29, 0.717) is 5.75 Å². The van der Waals surface area contributed by atoms with Crippen molar-refractivity contribution in [3.8, 4) is 5.75 Å². The lowest BCUT2D eigenvalue weighted by Crippen LogP contribution is -1.88. The Morgan fingerprint density at radius 1 is 0.733 bits per heavy atom. The molecule has 0 bridgehead atoms. The van der Waals surface area contributed by atoms with Crippen molar-refractivity contribution in [1.29, 1.82) is 0 Å². The summed E-state index contributed by atoms with van der Waals surface area (Å²) in [6.45, 7) is 0. The summed E-state index contributed by atoms with van der Waals surface area (Å²) in [6, 6.07) is 13.9. The first-order valence-electron chi connectivity index (χ1n) is 4.61. The summed E-state index contributed by atoms with van der Waals surface area (Å²) in [4.78, 5) is 4.91. The van der Waals surface area contributed by atoms with E-state index >= 15 is 0 Å². The van der Waals surface area contributed by atoms with Gasteiger partial charge in [-0.3, -0.25) is 0 Å². The average Bonchev–Trinajstić information content (AvgIpc) is 2.26. The van der Waals surface area contributed by atoms with E-state index in [0.717, 1.165) is 4.90 Å². The lowest BCUT2D eigenvalue weighted by Gasteiger charge is -2.17. The minimum atomic E-state index is 0.334. The molecule has 74 valence electrons. The van der Waals surface area contributed by atoms with Crippen molar-refractivity contribution in [2.24, 2.45) is 0 Å². The third kappa shape index (κ3) is 1.62. The van der Waals surface area contributed by atoms with Crippen LogP contribution in [0, 0.1) is 0 Å². The average molecular weight is 232 g/mol. The number of hydrogen-bond acceptors (Lipinski definition) is 3. The summed E-state index contributed by atoms with van der Waals surface area (Å²) in [7, 11) is 0. The van der Waals surface area contributed by atoms with Crippen molar-refractivity contribution >= 4 is 23.5 Å². The molecule has 2 aromatic rings. The van der Waals surface area contributed by atoms with Gasteiger partial charge in [-0.15, -0.1) is 0 Å². The van der Waals surface area contributed by atoms with E-state index < -0.39 is 0 Å². The van der Waals surface area contributed by atoms with Gasteiger partial charge in [0, 0.05) is 19.6 Å². The summed E-state index contributed by atoms with van der Waals surface area (Å²) in [6.07, 6.45) is 0. The fourth-order valence-corrected chi connectivity index (χ4v) is 3.76. The Labute approximate surface area is 96.5 Å². The van der Waals surface area contributed by atoms with Crippen molar-refractivity contribution in [2.45, 2.75) is 19.6 Å². The SMILES string of the molecule is Oc1ccc2c(c1)Sc1ccccc1S2. The predicted octanol–water partition coefficient (Wildman–Crippen LogP) is 4.01. The molecule has 2 aromatic carbocycles. The Kier molecular flexibility index (Phi) is 2.15. The molecule has 1 heterocycles. The first-order valence-corrected chi connectivity index (χ1v) is 6.24. The Bertz CT molecular complexity index is 523. The molecule has 1 nitrogen and oxygen atoms in total. The van der Waals surface area contributed by atoms with Gasteiger partial charge in [0.2, 0.25) is 0 Å². The van der Waals surface area contributed by atoms with Crippen LogP contribution >= 0.6 is 23.5 Å². The van der Waals surface area contributed by atoms with Gasteiger partial charge in [0.05, 0.1) is 0 Å². The molecule has 1 aliphatic heterocycles. The molecule has 0 unspecified atom stereocenters.